The number of aromatic nitrogens is 1. The van der Waals surface area contributed by atoms with Crippen molar-refractivity contribution in [2.24, 2.45) is 5.41 Å². The Labute approximate surface area is 228 Å². The summed E-state index contributed by atoms with van der Waals surface area (Å²) in [4.78, 5) is 14.8. The Morgan fingerprint density at radius 3 is 2.49 bits per heavy atom. The first-order valence-corrected chi connectivity index (χ1v) is 13.2. The standard InChI is InChI=1S/C29H30F3NO4.C2H6/c1-29(2)10-4-5-23(29)21-11-17(6-8-20(21)22-14-26(36-3)33-15-24(22)31)16-37-25-13-19(30)12-18(28(25)32)7-9-27(34)35;1-2/h6,8,11-15,23H,4-5,7,9-10,16H2,1-3H3,(H,34,35);1-2H3. The van der Waals surface area contributed by atoms with Gasteiger partial charge in [0.1, 0.15) is 18.2 Å². The molecule has 1 unspecified atom stereocenters. The first-order valence-electron chi connectivity index (χ1n) is 13.2. The molecule has 1 aliphatic carbocycles. The minimum absolute atomic E-state index is 0.00443. The van der Waals surface area contributed by atoms with Crippen molar-refractivity contribution in [1.82, 2.24) is 4.98 Å². The molecule has 0 radical (unpaired) electrons. The monoisotopic (exact) mass is 543 g/mol. The number of hydrogen-bond acceptors (Lipinski definition) is 4. The van der Waals surface area contributed by atoms with Crippen LogP contribution in [-0.4, -0.2) is 23.2 Å². The van der Waals surface area contributed by atoms with Crippen molar-refractivity contribution in [2.45, 2.75) is 72.3 Å². The smallest absolute Gasteiger partial charge is 0.303 e. The van der Waals surface area contributed by atoms with Crippen molar-refractivity contribution in [1.29, 1.82) is 0 Å². The SMILES string of the molecule is CC.COc1cc(-c2ccc(COc3cc(F)cc(CCC(=O)O)c3F)cc2C2CCCC2(C)C)c(F)cn1. The summed E-state index contributed by atoms with van der Waals surface area (Å²) >= 11 is 0. The van der Waals surface area contributed by atoms with E-state index < -0.39 is 23.4 Å². The lowest BCUT2D eigenvalue weighted by Gasteiger charge is -2.30. The van der Waals surface area contributed by atoms with Crippen molar-refractivity contribution >= 4 is 5.97 Å². The first-order chi connectivity index (χ1) is 18.6. The third-order valence-corrected chi connectivity index (χ3v) is 7.16. The zero-order valence-corrected chi connectivity index (χ0v) is 23.1. The summed E-state index contributed by atoms with van der Waals surface area (Å²) in [7, 11) is 1.48. The largest absolute Gasteiger partial charge is 0.486 e. The molecule has 8 heteroatoms. The highest BCUT2D eigenvalue weighted by Crippen LogP contribution is 2.51. The van der Waals surface area contributed by atoms with E-state index in [2.05, 4.69) is 18.8 Å². The molecule has 39 heavy (non-hydrogen) atoms. The number of benzene rings is 2. The number of methoxy groups -OCH3 is 1. The second kappa shape index (κ2) is 13.0. The number of carboxylic acid groups (broad SMARTS) is 1. The minimum Gasteiger partial charge on any atom is -0.486 e. The molecule has 1 fully saturated rings. The molecule has 1 aromatic heterocycles. The number of nitrogens with zero attached hydrogens (tertiary/aromatic N) is 1. The highest BCUT2D eigenvalue weighted by atomic mass is 19.1. The van der Waals surface area contributed by atoms with Crippen molar-refractivity contribution in [3.05, 3.63) is 76.7 Å². The van der Waals surface area contributed by atoms with Gasteiger partial charge in [0, 0.05) is 24.1 Å². The van der Waals surface area contributed by atoms with E-state index in [-0.39, 0.29) is 42.1 Å². The van der Waals surface area contributed by atoms with Crippen LogP contribution in [0, 0.1) is 22.9 Å². The topological polar surface area (TPSA) is 68.7 Å². The van der Waals surface area contributed by atoms with Gasteiger partial charge in [0.2, 0.25) is 5.88 Å². The van der Waals surface area contributed by atoms with E-state index in [0.29, 0.717) is 11.4 Å². The van der Waals surface area contributed by atoms with Gasteiger partial charge in [-0.15, -0.1) is 0 Å². The average molecular weight is 544 g/mol. The highest BCUT2D eigenvalue weighted by Gasteiger charge is 2.37. The lowest BCUT2D eigenvalue weighted by Crippen LogP contribution is -2.17. The van der Waals surface area contributed by atoms with E-state index in [1.165, 1.54) is 7.11 Å². The summed E-state index contributed by atoms with van der Waals surface area (Å²) < 4.78 is 54.8. The third-order valence-electron chi connectivity index (χ3n) is 7.16. The Bertz CT molecular complexity index is 1310. The fraction of sp³-hybridized carbons (Fsp3) is 0.419. The second-order valence-corrected chi connectivity index (χ2v) is 10.1. The van der Waals surface area contributed by atoms with Gasteiger partial charge in [0.25, 0.3) is 0 Å². The zero-order chi connectivity index (χ0) is 28.7. The first kappa shape index (κ1) is 30.0. The van der Waals surface area contributed by atoms with E-state index in [4.69, 9.17) is 14.6 Å². The van der Waals surface area contributed by atoms with E-state index in [1.807, 2.05) is 26.0 Å². The molecule has 1 heterocycles. The number of pyridine rings is 1. The van der Waals surface area contributed by atoms with Crippen molar-refractivity contribution in [3.63, 3.8) is 0 Å². The lowest BCUT2D eigenvalue weighted by molar-refractivity contribution is -0.136. The minimum atomic E-state index is -1.10. The molecule has 1 saturated carbocycles. The number of aryl methyl sites for hydroxylation is 1. The van der Waals surface area contributed by atoms with Crippen molar-refractivity contribution in [2.75, 3.05) is 7.11 Å². The van der Waals surface area contributed by atoms with E-state index in [0.717, 1.165) is 54.3 Å². The molecule has 0 amide bonds. The summed E-state index contributed by atoms with van der Waals surface area (Å²) in [5, 5.41) is 8.88. The van der Waals surface area contributed by atoms with Crippen LogP contribution in [0.5, 0.6) is 11.6 Å². The van der Waals surface area contributed by atoms with Crippen LogP contribution in [0.25, 0.3) is 11.1 Å². The maximum absolute atomic E-state index is 14.9. The van der Waals surface area contributed by atoms with Gasteiger partial charge in [-0.2, -0.15) is 0 Å². The molecule has 5 nitrogen and oxygen atoms in total. The molecule has 2 aromatic carbocycles. The summed E-state index contributed by atoms with van der Waals surface area (Å²) in [6.07, 6.45) is 3.70. The van der Waals surface area contributed by atoms with Crippen LogP contribution in [-0.2, 0) is 17.8 Å². The number of carbonyl (C=O) groups is 1. The quantitative estimate of drug-likeness (QED) is 0.295. The van der Waals surface area contributed by atoms with Crippen LogP contribution < -0.4 is 9.47 Å². The predicted octanol–water partition coefficient (Wildman–Crippen LogP) is 8.09. The molecule has 4 rings (SSSR count). The maximum Gasteiger partial charge on any atom is 0.303 e. The highest BCUT2D eigenvalue weighted by molar-refractivity contribution is 5.70. The zero-order valence-electron chi connectivity index (χ0n) is 23.1. The fourth-order valence-corrected chi connectivity index (χ4v) is 5.18. The van der Waals surface area contributed by atoms with E-state index >= 15 is 0 Å². The van der Waals surface area contributed by atoms with E-state index in [1.54, 1.807) is 12.1 Å². The Morgan fingerprint density at radius 1 is 1.10 bits per heavy atom. The molecule has 0 saturated heterocycles. The normalized spacial score (nSPS) is 15.8. The number of rotatable bonds is 9. The van der Waals surface area contributed by atoms with Crippen LogP contribution in [0.1, 0.15) is 76.0 Å². The van der Waals surface area contributed by atoms with Crippen LogP contribution >= 0.6 is 0 Å². The molecular weight excluding hydrogens is 507 g/mol. The molecule has 0 bridgehead atoms. The number of carboxylic acids is 1. The lowest BCUT2D eigenvalue weighted by atomic mass is 9.75. The van der Waals surface area contributed by atoms with Gasteiger partial charge in [0.15, 0.2) is 11.6 Å². The summed E-state index contributed by atoms with van der Waals surface area (Å²) in [6.45, 7) is 8.35. The molecule has 0 spiro atoms. The Balaban J connectivity index is 0.00000205. The van der Waals surface area contributed by atoms with Crippen molar-refractivity contribution in [3.8, 4) is 22.8 Å². The van der Waals surface area contributed by atoms with Gasteiger partial charge >= 0.3 is 5.97 Å². The van der Waals surface area contributed by atoms with Crippen LogP contribution in [0.2, 0.25) is 0 Å². The number of halogens is 3. The van der Waals surface area contributed by atoms with Crippen LogP contribution in [0.3, 0.4) is 0 Å². The van der Waals surface area contributed by atoms with Gasteiger partial charge < -0.3 is 14.6 Å². The number of aliphatic carboxylic acids is 1. The number of ether oxygens (including phenoxy) is 2. The van der Waals surface area contributed by atoms with Crippen molar-refractivity contribution < 1.29 is 32.5 Å². The molecular formula is C31H36F3NO4. The Morgan fingerprint density at radius 2 is 1.85 bits per heavy atom. The van der Waals surface area contributed by atoms with E-state index in [9.17, 15) is 18.0 Å². The Kier molecular flexibility index (Phi) is 10.0. The second-order valence-electron chi connectivity index (χ2n) is 10.1. The van der Waals surface area contributed by atoms with Gasteiger partial charge in [0.05, 0.1) is 13.3 Å². The van der Waals surface area contributed by atoms with Gasteiger partial charge in [-0.25, -0.2) is 18.2 Å². The predicted molar refractivity (Wildman–Crippen MR) is 145 cm³/mol. The molecule has 1 atom stereocenters. The average Bonchev–Trinajstić information content (AvgIpc) is 3.28. The molecule has 0 aliphatic heterocycles. The van der Waals surface area contributed by atoms with Crippen LogP contribution in [0.15, 0.2) is 42.6 Å². The molecule has 1 aliphatic rings. The third kappa shape index (κ3) is 7.11. The number of hydrogen-bond donors (Lipinski definition) is 1. The van der Waals surface area contributed by atoms with Gasteiger partial charge in [-0.05, 0) is 58.9 Å². The fourth-order valence-electron chi connectivity index (χ4n) is 5.18. The van der Waals surface area contributed by atoms with Crippen LogP contribution in [0.4, 0.5) is 13.2 Å². The maximum atomic E-state index is 14.9. The summed E-state index contributed by atoms with van der Waals surface area (Å²) in [5.41, 5.74) is 2.74. The summed E-state index contributed by atoms with van der Waals surface area (Å²) in [5.74, 6) is -2.85. The molecule has 210 valence electrons. The Hall–Kier alpha value is -3.55. The van der Waals surface area contributed by atoms with Gasteiger partial charge in [-0.3, -0.25) is 4.79 Å². The van der Waals surface area contributed by atoms with Gasteiger partial charge in [-0.1, -0.05) is 52.3 Å². The summed E-state index contributed by atoms with van der Waals surface area (Å²) in [6, 6.07) is 9.05. The molecule has 1 N–H and O–H groups in total. The molecule has 3 aromatic rings.